The van der Waals surface area contributed by atoms with Crippen LogP contribution < -0.4 is 5.32 Å². The Labute approximate surface area is 219 Å². The Balaban J connectivity index is 1.89. The lowest BCUT2D eigenvalue weighted by Gasteiger charge is -2.32. The highest BCUT2D eigenvalue weighted by molar-refractivity contribution is 6.31. The van der Waals surface area contributed by atoms with Gasteiger partial charge in [0.1, 0.15) is 24.1 Å². The smallest absolute Gasteiger partial charge is 0.329 e. The summed E-state index contributed by atoms with van der Waals surface area (Å²) < 4.78 is 7.05. The molecule has 1 atom stereocenters. The molecule has 11 heteroatoms. The summed E-state index contributed by atoms with van der Waals surface area (Å²) in [6.07, 6.45) is 3.25. The van der Waals surface area contributed by atoms with Crippen LogP contribution in [-0.4, -0.2) is 61.7 Å². The SMILES string of the molecule is CC(C)(C)OC(=O)[C@H](Cc1ccccc1)N(CC(=O)Nc1cc(Cl)ccc1-n1ccnn1)C(=O)CCl. The van der Waals surface area contributed by atoms with Crippen LogP contribution >= 0.6 is 23.2 Å². The second-order valence-electron chi connectivity index (χ2n) is 8.95. The number of rotatable bonds is 9. The van der Waals surface area contributed by atoms with Crippen LogP contribution in [0.25, 0.3) is 5.69 Å². The fourth-order valence-electron chi connectivity index (χ4n) is 3.47. The first-order valence-corrected chi connectivity index (χ1v) is 12.1. The summed E-state index contributed by atoms with van der Waals surface area (Å²) >= 11 is 12.0. The van der Waals surface area contributed by atoms with Gasteiger partial charge in [0.05, 0.1) is 23.8 Å². The van der Waals surface area contributed by atoms with Crippen molar-refractivity contribution in [3.8, 4) is 5.69 Å². The van der Waals surface area contributed by atoms with E-state index in [1.54, 1.807) is 45.2 Å². The molecule has 2 amide bonds. The van der Waals surface area contributed by atoms with Crippen molar-refractivity contribution in [1.82, 2.24) is 19.9 Å². The molecule has 36 heavy (non-hydrogen) atoms. The molecule has 9 nitrogen and oxygen atoms in total. The molecular weight excluding hydrogens is 505 g/mol. The predicted octanol–water partition coefficient (Wildman–Crippen LogP) is 3.88. The van der Waals surface area contributed by atoms with Gasteiger partial charge in [-0.2, -0.15) is 0 Å². The average Bonchev–Trinajstić information content (AvgIpc) is 3.35. The zero-order valence-corrected chi connectivity index (χ0v) is 21.7. The van der Waals surface area contributed by atoms with Gasteiger partial charge in [0.2, 0.25) is 11.8 Å². The first kappa shape index (κ1) is 27.2. The molecule has 0 unspecified atom stereocenters. The van der Waals surface area contributed by atoms with Crippen molar-refractivity contribution in [3.63, 3.8) is 0 Å². The van der Waals surface area contributed by atoms with E-state index in [9.17, 15) is 14.4 Å². The van der Waals surface area contributed by atoms with E-state index in [4.69, 9.17) is 27.9 Å². The van der Waals surface area contributed by atoms with Gasteiger partial charge in [0.25, 0.3) is 0 Å². The van der Waals surface area contributed by atoms with Gasteiger partial charge in [-0.25, -0.2) is 9.48 Å². The lowest BCUT2D eigenvalue weighted by Crippen LogP contribution is -2.51. The predicted molar refractivity (Wildman–Crippen MR) is 137 cm³/mol. The van der Waals surface area contributed by atoms with Gasteiger partial charge in [-0.1, -0.05) is 47.1 Å². The molecule has 0 radical (unpaired) electrons. The van der Waals surface area contributed by atoms with Crippen molar-refractivity contribution in [2.45, 2.75) is 38.8 Å². The van der Waals surface area contributed by atoms with Crippen molar-refractivity contribution in [2.24, 2.45) is 0 Å². The molecule has 0 fully saturated rings. The molecule has 0 aliphatic carbocycles. The Bertz CT molecular complexity index is 1200. The Morgan fingerprint density at radius 2 is 1.86 bits per heavy atom. The molecule has 1 heterocycles. The second-order valence-corrected chi connectivity index (χ2v) is 9.66. The monoisotopic (exact) mass is 531 g/mol. The van der Waals surface area contributed by atoms with Crippen LogP contribution in [-0.2, 0) is 25.5 Å². The zero-order valence-electron chi connectivity index (χ0n) is 20.1. The minimum Gasteiger partial charge on any atom is -0.458 e. The molecule has 1 aromatic heterocycles. The van der Waals surface area contributed by atoms with Crippen molar-refractivity contribution in [2.75, 3.05) is 17.7 Å². The van der Waals surface area contributed by atoms with Crippen LogP contribution in [0.2, 0.25) is 5.02 Å². The number of amides is 2. The number of nitrogens with one attached hydrogen (secondary N) is 1. The number of alkyl halides is 1. The number of carbonyl (C=O) groups is 3. The van der Waals surface area contributed by atoms with Gasteiger partial charge in [0.15, 0.2) is 0 Å². The van der Waals surface area contributed by atoms with Crippen LogP contribution in [0.1, 0.15) is 26.3 Å². The zero-order chi connectivity index (χ0) is 26.3. The van der Waals surface area contributed by atoms with E-state index in [2.05, 4.69) is 15.6 Å². The van der Waals surface area contributed by atoms with E-state index in [1.807, 2.05) is 30.3 Å². The van der Waals surface area contributed by atoms with Crippen molar-refractivity contribution >= 4 is 46.7 Å². The number of carbonyl (C=O) groups excluding carboxylic acids is 3. The summed E-state index contributed by atoms with van der Waals surface area (Å²) in [6, 6.07) is 13.0. The average molecular weight is 532 g/mol. The Kier molecular flexibility index (Phi) is 9.06. The van der Waals surface area contributed by atoms with E-state index < -0.39 is 41.9 Å². The Morgan fingerprint density at radius 3 is 2.47 bits per heavy atom. The molecule has 2 aromatic carbocycles. The summed E-state index contributed by atoms with van der Waals surface area (Å²) in [5, 5.41) is 10.9. The molecule has 1 N–H and O–H groups in total. The number of aromatic nitrogens is 3. The third kappa shape index (κ3) is 7.53. The standard InChI is InChI=1S/C25H27Cl2N5O4/c1-25(2,3)36-24(35)21(13-17-7-5-4-6-8-17)31(23(34)15-26)16-22(33)29-19-14-18(27)9-10-20(19)32-12-11-28-30-32/h4-12,14,21H,13,15-16H2,1-3H3,(H,29,33)/t21-/m0/s1. The van der Waals surface area contributed by atoms with Gasteiger partial charge in [-0.05, 0) is 44.5 Å². The Morgan fingerprint density at radius 1 is 1.14 bits per heavy atom. The van der Waals surface area contributed by atoms with E-state index in [1.165, 1.54) is 10.9 Å². The summed E-state index contributed by atoms with van der Waals surface area (Å²) in [4.78, 5) is 40.4. The first-order chi connectivity index (χ1) is 17.1. The van der Waals surface area contributed by atoms with E-state index in [0.29, 0.717) is 16.4 Å². The normalized spacial score (nSPS) is 12.0. The van der Waals surface area contributed by atoms with Crippen LogP contribution in [0.4, 0.5) is 5.69 Å². The third-order valence-corrected chi connectivity index (χ3v) is 5.44. The number of ether oxygens (including phenoxy) is 1. The fourth-order valence-corrected chi connectivity index (χ4v) is 3.79. The van der Waals surface area contributed by atoms with Crippen molar-refractivity contribution in [3.05, 3.63) is 71.5 Å². The number of hydrogen-bond acceptors (Lipinski definition) is 6. The highest BCUT2D eigenvalue weighted by Crippen LogP contribution is 2.24. The van der Waals surface area contributed by atoms with Gasteiger partial charge < -0.3 is 15.0 Å². The quantitative estimate of drug-likeness (QED) is 0.331. The number of anilines is 1. The number of benzene rings is 2. The number of nitrogens with zero attached hydrogens (tertiary/aromatic N) is 4. The molecule has 0 bridgehead atoms. The molecule has 0 saturated heterocycles. The maximum Gasteiger partial charge on any atom is 0.329 e. The number of halogens is 2. The first-order valence-electron chi connectivity index (χ1n) is 11.2. The Hall–Kier alpha value is -3.43. The lowest BCUT2D eigenvalue weighted by atomic mass is 10.0. The molecule has 0 aliphatic rings. The maximum absolute atomic E-state index is 13.2. The minimum atomic E-state index is -1.07. The fraction of sp³-hybridized carbons (Fsp3) is 0.320. The number of esters is 1. The van der Waals surface area contributed by atoms with Crippen molar-refractivity contribution in [1.29, 1.82) is 0 Å². The van der Waals surface area contributed by atoms with E-state index in [0.717, 1.165) is 10.5 Å². The summed E-state index contributed by atoms with van der Waals surface area (Å²) in [7, 11) is 0. The van der Waals surface area contributed by atoms with Crippen LogP contribution in [0.5, 0.6) is 0 Å². The lowest BCUT2D eigenvalue weighted by molar-refractivity contribution is -0.164. The summed E-state index contributed by atoms with van der Waals surface area (Å²) in [5.74, 6) is -2.19. The molecule has 3 aromatic rings. The van der Waals surface area contributed by atoms with E-state index in [-0.39, 0.29) is 6.42 Å². The van der Waals surface area contributed by atoms with E-state index >= 15 is 0 Å². The van der Waals surface area contributed by atoms with Gasteiger partial charge >= 0.3 is 5.97 Å². The van der Waals surface area contributed by atoms with Crippen LogP contribution in [0.15, 0.2) is 60.9 Å². The maximum atomic E-state index is 13.2. The minimum absolute atomic E-state index is 0.146. The summed E-state index contributed by atoms with van der Waals surface area (Å²) in [6.45, 7) is 4.76. The molecule has 0 aliphatic heterocycles. The van der Waals surface area contributed by atoms with Gasteiger partial charge in [-0.15, -0.1) is 16.7 Å². The molecule has 0 saturated carbocycles. The highest BCUT2D eigenvalue weighted by atomic mass is 35.5. The topological polar surface area (TPSA) is 106 Å². The molecule has 190 valence electrons. The molecule has 3 rings (SSSR count). The van der Waals surface area contributed by atoms with Gasteiger partial charge in [0, 0.05) is 11.4 Å². The number of hydrogen-bond donors (Lipinski definition) is 1. The molecular formula is C25H27Cl2N5O4. The second kappa shape index (κ2) is 12.0. The van der Waals surface area contributed by atoms with Crippen LogP contribution in [0, 0.1) is 0 Å². The van der Waals surface area contributed by atoms with Crippen LogP contribution in [0.3, 0.4) is 0 Å². The van der Waals surface area contributed by atoms with Gasteiger partial charge in [-0.3, -0.25) is 9.59 Å². The summed E-state index contributed by atoms with van der Waals surface area (Å²) in [5.41, 5.74) is 0.878. The third-order valence-electron chi connectivity index (χ3n) is 4.98. The van der Waals surface area contributed by atoms with Crippen molar-refractivity contribution < 1.29 is 19.1 Å². The highest BCUT2D eigenvalue weighted by Gasteiger charge is 2.34. The largest absolute Gasteiger partial charge is 0.458 e. The molecule has 0 spiro atoms.